The Labute approximate surface area is 192 Å². The summed E-state index contributed by atoms with van der Waals surface area (Å²) >= 11 is 1.65. The summed E-state index contributed by atoms with van der Waals surface area (Å²) in [5.41, 5.74) is 7.78. The molecule has 0 spiro atoms. The Morgan fingerprint density at radius 1 is 1.03 bits per heavy atom. The lowest BCUT2D eigenvalue weighted by Gasteiger charge is -2.12. The smallest absolute Gasteiger partial charge is 0.277 e. The molecule has 4 rings (SSSR count). The lowest BCUT2D eigenvalue weighted by atomic mass is 10.1. The SMILES string of the molecule is Cc1cc(C)c(OCC(=O)N/N=C/c2cccc3c2ccn3Sc2ccccc2)c(C)c1. The predicted molar refractivity (Wildman–Crippen MR) is 132 cm³/mol. The second kappa shape index (κ2) is 9.75. The molecule has 0 saturated heterocycles. The molecule has 0 radical (unpaired) electrons. The largest absolute Gasteiger partial charge is 0.483 e. The van der Waals surface area contributed by atoms with E-state index in [9.17, 15) is 4.79 Å². The molecular formula is C26H25N3O2S. The van der Waals surface area contributed by atoms with Gasteiger partial charge in [0.1, 0.15) is 5.75 Å². The van der Waals surface area contributed by atoms with Crippen LogP contribution in [0.2, 0.25) is 0 Å². The van der Waals surface area contributed by atoms with Crippen LogP contribution in [-0.4, -0.2) is 22.7 Å². The molecule has 1 aromatic heterocycles. The lowest BCUT2D eigenvalue weighted by molar-refractivity contribution is -0.123. The van der Waals surface area contributed by atoms with Gasteiger partial charge in [-0.25, -0.2) is 5.43 Å². The van der Waals surface area contributed by atoms with Crippen molar-refractivity contribution in [3.8, 4) is 5.75 Å². The molecule has 32 heavy (non-hydrogen) atoms. The fraction of sp³-hybridized carbons (Fsp3) is 0.154. The zero-order chi connectivity index (χ0) is 22.5. The van der Waals surface area contributed by atoms with Crippen LogP contribution in [0.1, 0.15) is 22.3 Å². The molecule has 0 atom stereocenters. The number of aryl methyl sites for hydroxylation is 3. The van der Waals surface area contributed by atoms with Crippen molar-refractivity contribution in [3.63, 3.8) is 0 Å². The van der Waals surface area contributed by atoms with Crippen LogP contribution in [0.4, 0.5) is 0 Å². The van der Waals surface area contributed by atoms with E-state index in [-0.39, 0.29) is 12.5 Å². The van der Waals surface area contributed by atoms with Crippen LogP contribution in [0.5, 0.6) is 5.75 Å². The Morgan fingerprint density at radius 2 is 1.78 bits per heavy atom. The van der Waals surface area contributed by atoms with Crippen molar-refractivity contribution < 1.29 is 9.53 Å². The van der Waals surface area contributed by atoms with Gasteiger partial charge in [0.2, 0.25) is 0 Å². The highest BCUT2D eigenvalue weighted by Gasteiger charge is 2.09. The number of hydrogen-bond acceptors (Lipinski definition) is 4. The van der Waals surface area contributed by atoms with E-state index < -0.39 is 0 Å². The number of amides is 1. The minimum absolute atomic E-state index is 0.0869. The van der Waals surface area contributed by atoms with Crippen LogP contribution in [0, 0.1) is 20.8 Å². The van der Waals surface area contributed by atoms with Crippen molar-refractivity contribution in [1.82, 2.24) is 9.40 Å². The van der Waals surface area contributed by atoms with Crippen LogP contribution in [0.3, 0.4) is 0 Å². The Kier molecular flexibility index (Phi) is 6.61. The number of hydrogen-bond donors (Lipinski definition) is 1. The first-order chi connectivity index (χ1) is 15.5. The molecule has 5 nitrogen and oxygen atoms in total. The number of benzene rings is 3. The van der Waals surface area contributed by atoms with E-state index in [0.29, 0.717) is 0 Å². The molecular weight excluding hydrogens is 418 g/mol. The van der Waals surface area contributed by atoms with Crippen molar-refractivity contribution in [3.05, 3.63) is 95.2 Å². The van der Waals surface area contributed by atoms with Gasteiger partial charge in [0, 0.05) is 22.0 Å². The maximum atomic E-state index is 12.2. The Hall–Kier alpha value is -3.51. The number of hydrazone groups is 1. The summed E-state index contributed by atoms with van der Waals surface area (Å²) in [4.78, 5) is 13.4. The molecule has 3 aromatic carbocycles. The van der Waals surface area contributed by atoms with E-state index in [1.54, 1.807) is 18.2 Å². The molecule has 4 aromatic rings. The molecule has 0 saturated carbocycles. The van der Waals surface area contributed by atoms with Gasteiger partial charge in [-0.3, -0.25) is 8.77 Å². The summed E-state index contributed by atoms with van der Waals surface area (Å²) in [6.07, 6.45) is 3.71. The molecule has 162 valence electrons. The van der Waals surface area contributed by atoms with Crippen LogP contribution in [0.15, 0.2) is 82.9 Å². The van der Waals surface area contributed by atoms with E-state index in [2.05, 4.69) is 38.8 Å². The molecule has 0 aliphatic heterocycles. The van der Waals surface area contributed by atoms with Crippen LogP contribution in [0.25, 0.3) is 10.9 Å². The van der Waals surface area contributed by atoms with Gasteiger partial charge < -0.3 is 4.74 Å². The first kappa shape index (κ1) is 21.7. The number of aromatic nitrogens is 1. The zero-order valence-electron chi connectivity index (χ0n) is 18.3. The van der Waals surface area contributed by atoms with Crippen LogP contribution < -0.4 is 10.2 Å². The van der Waals surface area contributed by atoms with Crippen molar-refractivity contribution in [2.75, 3.05) is 6.61 Å². The highest BCUT2D eigenvalue weighted by atomic mass is 32.2. The van der Waals surface area contributed by atoms with E-state index in [1.165, 1.54) is 5.56 Å². The van der Waals surface area contributed by atoms with Gasteiger partial charge in [-0.2, -0.15) is 5.10 Å². The lowest BCUT2D eigenvalue weighted by Crippen LogP contribution is -2.25. The van der Waals surface area contributed by atoms with Crippen molar-refractivity contribution in [2.45, 2.75) is 25.7 Å². The van der Waals surface area contributed by atoms with Gasteiger partial charge in [0.05, 0.1) is 11.7 Å². The van der Waals surface area contributed by atoms with E-state index in [4.69, 9.17) is 4.74 Å². The minimum Gasteiger partial charge on any atom is -0.483 e. The summed E-state index contributed by atoms with van der Waals surface area (Å²) in [7, 11) is 0. The second-order valence-electron chi connectivity index (χ2n) is 7.64. The van der Waals surface area contributed by atoms with Gasteiger partial charge in [0.15, 0.2) is 6.61 Å². The highest BCUT2D eigenvalue weighted by Crippen LogP contribution is 2.28. The summed E-state index contributed by atoms with van der Waals surface area (Å²) in [5, 5.41) is 5.20. The van der Waals surface area contributed by atoms with Gasteiger partial charge in [-0.15, -0.1) is 0 Å². The molecule has 0 aliphatic carbocycles. The Bertz CT molecular complexity index is 1260. The number of carbonyl (C=O) groups is 1. The van der Waals surface area contributed by atoms with Crippen molar-refractivity contribution in [1.29, 1.82) is 0 Å². The van der Waals surface area contributed by atoms with Gasteiger partial charge in [0.25, 0.3) is 5.91 Å². The maximum Gasteiger partial charge on any atom is 0.277 e. The quantitative estimate of drug-likeness (QED) is 0.297. The third kappa shape index (κ3) is 5.03. The van der Waals surface area contributed by atoms with E-state index in [0.717, 1.165) is 38.2 Å². The Balaban J connectivity index is 1.40. The summed E-state index contributed by atoms with van der Waals surface area (Å²) < 4.78 is 7.85. The molecule has 6 heteroatoms. The number of nitrogens with one attached hydrogen (secondary N) is 1. The number of fused-ring (bicyclic) bond motifs is 1. The molecule has 1 N–H and O–H groups in total. The maximum absolute atomic E-state index is 12.2. The molecule has 0 bridgehead atoms. The standard InChI is InChI=1S/C26H25N3O2S/c1-18-14-19(2)26(20(3)15-18)31-17-25(30)28-27-16-21-8-7-11-24-23(21)12-13-29(24)32-22-9-5-4-6-10-22/h4-16H,17H2,1-3H3,(H,28,30)/b27-16+. The number of rotatable bonds is 7. The predicted octanol–water partition coefficient (Wildman–Crippen LogP) is 5.65. The van der Waals surface area contributed by atoms with Crippen LogP contribution in [-0.2, 0) is 4.79 Å². The first-order valence-corrected chi connectivity index (χ1v) is 11.1. The van der Waals surface area contributed by atoms with Crippen LogP contribution >= 0.6 is 11.9 Å². The molecule has 0 aliphatic rings. The van der Waals surface area contributed by atoms with Gasteiger partial charge in [-0.1, -0.05) is 48.0 Å². The molecule has 0 fully saturated rings. The van der Waals surface area contributed by atoms with Crippen molar-refractivity contribution >= 4 is 35.0 Å². The third-order valence-corrected chi connectivity index (χ3v) is 6.02. The summed E-state index contributed by atoms with van der Waals surface area (Å²) in [5.74, 6) is 0.446. The minimum atomic E-state index is -0.301. The fourth-order valence-electron chi connectivity index (χ4n) is 3.69. The molecule has 0 unspecified atom stereocenters. The van der Waals surface area contributed by atoms with Gasteiger partial charge in [-0.05, 0) is 68.1 Å². The average molecular weight is 444 g/mol. The second-order valence-corrected chi connectivity index (χ2v) is 8.68. The first-order valence-electron chi connectivity index (χ1n) is 10.4. The number of nitrogens with zero attached hydrogens (tertiary/aromatic N) is 2. The van der Waals surface area contributed by atoms with Gasteiger partial charge >= 0.3 is 0 Å². The van der Waals surface area contributed by atoms with E-state index in [1.807, 2.05) is 69.4 Å². The normalized spacial score (nSPS) is 11.2. The molecule has 1 heterocycles. The zero-order valence-corrected chi connectivity index (χ0v) is 19.1. The monoisotopic (exact) mass is 443 g/mol. The summed E-state index contributed by atoms with van der Waals surface area (Å²) in [6.45, 7) is 5.92. The fourth-order valence-corrected chi connectivity index (χ4v) is 4.58. The topological polar surface area (TPSA) is 55.6 Å². The highest BCUT2D eigenvalue weighted by molar-refractivity contribution is 7.98. The molecule has 1 amide bonds. The van der Waals surface area contributed by atoms with Crippen molar-refractivity contribution in [2.24, 2.45) is 5.10 Å². The third-order valence-electron chi connectivity index (χ3n) is 5.02. The Morgan fingerprint density at radius 3 is 2.53 bits per heavy atom. The number of ether oxygens (including phenoxy) is 1. The summed E-state index contributed by atoms with van der Waals surface area (Å²) in [6, 6.07) is 22.4. The average Bonchev–Trinajstić information content (AvgIpc) is 3.17. The van der Waals surface area contributed by atoms with E-state index >= 15 is 0 Å². The number of carbonyl (C=O) groups excluding carboxylic acids is 1.